The lowest BCUT2D eigenvalue weighted by molar-refractivity contribution is 0.0699. The zero-order valence-corrected chi connectivity index (χ0v) is 17.5. The zero-order valence-electron chi connectivity index (χ0n) is 15.1. The van der Waals surface area contributed by atoms with Crippen LogP contribution in [0.1, 0.15) is 10.4 Å². The zero-order chi connectivity index (χ0) is 19.5. The number of benzene rings is 1. The fourth-order valence-corrected chi connectivity index (χ4v) is 4.88. The Bertz CT molecular complexity index is 1000. The Labute approximate surface area is 174 Å². The van der Waals surface area contributed by atoms with E-state index < -0.39 is 5.97 Å². The molecule has 28 heavy (non-hydrogen) atoms. The molecular weight excluding hydrogens is 442 g/mol. The predicted molar refractivity (Wildman–Crippen MR) is 115 cm³/mol. The molecule has 2 aromatic heterocycles. The van der Waals surface area contributed by atoms with Crippen LogP contribution in [0.2, 0.25) is 0 Å². The number of aromatic nitrogens is 2. The number of hydrogen-bond acceptors (Lipinski definition) is 7. The van der Waals surface area contributed by atoms with Crippen LogP contribution in [-0.2, 0) is 0 Å². The van der Waals surface area contributed by atoms with E-state index in [2.05, 4.69) is 41.4 Å². The van der Waals surface area contributed by atoms with E-state index in [4.69, 9.17) is 0 Å². The highest BCUT2D eigenvalue weighted by atomic mass is 79.9. The molecule has 3 N–H and O–H groups in total. The quantitative estimate of drug-likeness (QED) is 0.519. The third kappa shape index (κ3) is 4.17. The largest absolute Gasteiger partial charge is 0.478 e. The number of carboxylic acid groups (broad SMARTS) is 1. The summed E-state index contributed by atoms with van der Waals surface area (Å²) in [6.07, 6.45) is 1.73. The van der Waals surface area contributed by atoms with Gasteiger partial charge in [-0.15, -0.1) is 11.3 Å². The van der Waals surface area contributed by atoms with Gasteiger partial charge in [0.25, 0.3) is 0 Å². The topological polar surface area (TPSA) is 90.4 Å². The molecule has 3 heterocycles. The summed E-state index contributed by atoms with van der Waals surface area (Å²) in [5, 5.41) is 16.8. The van der Waals surface area contributed by atoms with Crippen molar-refractivity contribution in [3.05, 3.63) is 40.5 Å². The summed E-state index contributed by atoms with van der Waals surface area (Å²) < 4.78 is 1.71. The number of piperazine rings is 1. The Kier molecular flexibility index (Phi) is 5.86. The summed E-state index contributed by atoms with van der Waals surface area (Å²) in [6, 6.07) is 7.21. The molecule has 0 bridgehead atoms. The monoisotopic (exact) mass is 461 g/mol. The molecule has 7 nitrogen and oxygen atoms in total. The lowest BCUT2D eigenvalue weighted by Gasteiger charge is -2.27. The van der Waals surface area contributed by atoms with Gasteiger partial charge in [0, 0.05) is 55.6 Å². The van der Waals surface area contributed by atoms with Gasteiger partial charge in [-0.25, -0.2) is 14.8 Å². The smallest absolute Gasteiger partial charge is 0.336 e. The van der Waals surface area contributed by atoms with Gasteiger partial charge in [0.05, 0.1) is 14.9 Å². The van der Waals surface area contributed by atoms with Gasteiger partial charge in [-0.1, -0.05) is 6.07 Å². The first-order valence-electron chi connectivity index (χ1n) is 9.07. The third-order valence-corrected chi connectivity index (χ3v) is 6.38. The molecule has 4 rings (SSSR count). The highest BCUT2D eigenvalue weighted by Crippen LogP contribution is 2.37. The fourth-order valence-electron chi connectivity index (χ4n) is 3.25. The van der Waals surface area contributed by atoms with Crippen molar-refractivity contribution in [1.82, 2.24) is 20.2 Å². The summed E-state index contributed by atoms with van der Waals surface area (Å²) in [4.78, 5) is 23.8. The SMILES string of the molecule is O=C(O)c1cccc2sc(-c3nc(NCCN4CCNCC4)ncc3Br)cc12. The van der Waals surface area contributed by atoms with Gasteiger partial charge in [-0.3, -0.25) is 4.90 Å². The van der Waals surface area contributed by atoms with Crippen LogP contribution in [0.25, 0.3) is 20.7 Å². The average molecular weight is 462 g/mol. The summed E-state index contributed by atoms with van der Waals surface area (Å²) in [5.74, 6) is -0.351. The highest BCUT2D eigenvalue weighted by molar-refractivity contribution is 9.10. The minimum absolute atomic E-state index is 0.305. The number of hydrogen-bond donors (Lipinski definition) is 3. The van der Waals surface area contributed by atoms with Crippen molar-refractivity contribution >= 4 is 49.3 Å². The molecule has 0 saturated carbocycles. The number of fused-ring (bicyclic) bond motifs is 1. The molecule has 0 radical (unpaired) electrons. The maximum Gasteiger partial charge on any atom is 0.336 e. The molecule has 3 aromatic rings. The van der Waals surface area contributed by atoms with E-state index >= 15 is 0 Å². The molecule has 1 fully saturated rings. The number of nitrogens with zero attached hydrogens (tertiary/aromatic N) is 3. The van der Waals surface area contributed by atoms with Gasteiger partial charge in [-0.2, -0.15) is 0 Å². The molecule has 1 aliphatic rings. The number of carboxylic acids is 1. The van der Waals surface area contributed by atoms with Crippen molar-refractivity contribution in [1.29, 1.82) is 0 Å². The van der Waals surface area contributed by atoms with Crippen LogP contribution in [-0.4, -0.2) is 65.2 Å². The standard InChI is InChI=1S/C19H20BrN5O2S/c20-14-11-23-19(22-6-9-25-7-4-21-5-8-25)24-17(14)16-10-13-12(18(26)27)2-1-3-15(13)28-16/h1-3,10-11,21H,4-9H2,(H,26,27)(H,22,23,24). The van der Waals surface area contributed by atoms with E-state index in [1.807, 2.05) is 12.1 Å². The van der Waals surface area contributed by atoms with Crippen molar-refractivity contribution in [2.24, 2.45) is 0 Å². The van der Waals surface area contributed by atoms with E-state index in [1.54, 1.807) is 18.3 Å². The van der Waals surface area contributed by atoms with Crippen molar-refractivity contribution in [3.8, 4) is 10.6 Å². The maximum atomic E-state index is 11.5. The van der Waals surface area contributed by atoms with Gasteiger partial charge in [0.15, 0.2) is 0 Å². The molecule has 1 aromatic carbocycles. The van der Waals surface area contributed by atoms with Gasteiger partial charge in [-0.05, 0) is 34.1 Å². The fraction of sp³-hybridized carbons (Fsp3) is 0.316. The van der Waals surface area contributed by atoms with E-state index in [9.17, 15) is 9.90 Å². The molecule has 0 amide bonds. The number of carbonyl (C=O) groups is 1. The summed E-state index contributed by atoms with van der Waals surface area (Å²) in [5.41, 5.74) is 1.07. The minimum Gasteiger partial charge on any atom is -0.478 e. The van der Waals surface area contributed by atoms with Crippen LogP contribution < -0.4 is 10.6 Å². The van der Waals surface area contributed by atoms with Crippen LogP contribution in [0, 0.1) is 0 Å². The number of halogens is 1. The highest BCUT2D eigenvalue weighted by Gasteiger charge is 2.16. The van der Waals surface area contributed by atoms with Crippen molar-refractivity contribution in [2.45, 2.75) is 0 Å². The second-order valence-corrected chi connectivity index (χ2v) is 8.48. The summed E-state index contributed by atoms with van der Waals surface area (Å²) >= 11 is 5.05. The molecule has 9 heteroatoms. The van der Waals surface area contributed by atoms with E-state index in [0.29, 0.717) is 11.5 Å². The first-order valence-corrected chi connectivity index (χ1v) is 10.7. The van der Waals surface area contributed by atoms with Crippen molar-refractivity contribution < 1.29 is 9.90 Å². The number of thiophene rings is 1. The van der Waals surface area contributed by atoms with Crippen LogP contribution in [0.3, 0.4) is 0 Å². The lowest BCUT2D eigenvalue weighted by Crippen LogP contribution is -2.45. The Morgan fingerprint density at radius 1 is 1.36 bits per heavy atom. The first-order chi connectivity index (χ1) is 13.6. The number of rotatable bonds is 6. The second-order valence-electron chi connectivity index (χ2n) is 6.54. The maximum absolute atomic E-state index is 11.5. The summed E-state index contributed by atoms with van der Waals surface area (Å²) in [6.45, 7) is 5.90. The molecule has 0 aliphatic carbocycles. The molecular formula is C19H20BrN5O2S. The Hall–Kier alpha value is -2.07. The Morgan fingerprint density at radius 2 is 2.18 bits per heavy atom. The van der Waals surface area contributed by atoms with Gasteiger partial charge in [0.2, 0.25) is 5.95 Å². The van der Waals surface area contributed by atoms with Crippen LogP contribution >= 0.6 is 27.3 Å². The first kappa shape index (κ1) is 19.3. The normalized spacial score (nSPS) is 15.0. The summed E-state index contributed by atoms with van der Waals surface area (Å²) in [7, 11) is 0. The molecule has 0 spiro atoms. The average Bonchev–Trinajstić information content (AvgIpc) is 3.14. The molecule has 0 atom stereocenters. The van der Waals surface area contributed by atoms with E-state index in [0.717, 1.165) is 64.4 Å². The predicted octanol–water partition coefficient (Wildman–Crippen LogP) is 3.14. The Morgan fingerprint density at radius 3 is 2.96 bits per heavy atom. The van der Waals surface area contributed by atoms with E-state index in [-0.39, 0.29) is 0 Å². The lowest BCUT2D eigenvalue weighted by atomic mass is 10.1. The van der Waals surface area contributed by atoms with Crippen LogP contribution in [0.4, 0.5) is 5.95 Å². The molecule has 0 unspecified atom stereocenters. The molecule has 1 saturated heterocycles. The minimum atomic E-state index is -0.924. The molecule has 1 aliphatic heterocycles. The van der Waals surface area contributed by atoms with Crippen molar-refractivity contribution in [3.63, 3.8) is 0 Å². The number of aromatic carboxylic acids is 1. The number of anilines is 1. The van der Waals surface area contributed by atoms with Crippen LogP contribution in [0.15, 0.2) is 34.9 Å². The number of nitrogens with one attached hydrogen (secondary N) is 2. The second kappa shape index (κ2) is 8.52. The Balaban J connectivity index is 1.54. The van der Waals surface area contributed by atoms with E-state index in [1.165, 1.54) is 11.3 Å². The van der Waals surface area contributed by atoms with Crippen molar-refractivity contribution in [2.75, 3.05) is 44.6 Å². The van der Waals surface area contributed by atoms with Gasteiger partial charge < -0.3 is 15.7 Å². The van der Waals surface area contributed by atoms with Crippen LogP contribution in [0.5, 0.6) is 0 Å². The van der Waals surface area contributed by atoms with Gasteiger partial charge in [0.1, 0.15) is 5.69 Å². The molecule has 146 valence electrons. The third-order valence-electron chi connectivity index (χ3n) is 4.69. The van der Waals surface area contributed by atoms with Gasteiger partial charge >= 0.3 is 5.97 Å².